The molecule has 3 unspecified atom stereocenters. The van der Waals surface area contributed by atoms with Crippen LogP contribution in [-0.4, -0.2) is 28.0 Å². The maximum Gasteiger partial charge on any atom is 0.119 e. The summed E-state index contributed by atoms with van der Waals surface area (Å²) in [6, 6.07) is 5.94. The van der Waals surface area contributed by atoms with Gasteiger partial charge in [-0.3, -0.25) is 0 Å². The van der Waals surface area contributed by atoms with Crippen molar-refractivity contribution in [2.24, 2.45) is 5.92 Å². The fourth-order valence-electron chi connectivity index (χ4n) is 4.92. The highest BCUT2D eigenvalue weighted by atomic mass is 16.3. The highest BCUT2D eigenvalue weighted by Crippen LogP contribution is 2.47. The Morgan fingerprint density at radius 3 is 2.56 bits per heavy atom. The van der Waals surface area contributed by atoms with E-state index in [0.29, 0.717) is 18.1 Å². The number of aromatic hydroxyl groups is 1. The SMILES string of the molecule is CCCCCCC(C)(C)c1cccc(O)c1C1CC(O)CCC1CCCO. The van der Waals surface area contributed by atoms with Gasteiger partial charge in [-0.2, -0.15) is 0 Å². The summed E-state index contributed by atoms with van der Waals surface area (Å²) in [6.07, 6.45) is 10.1. The molecule has 0 bridgehead atoms. The van der Waals surface area contributed by atoms with Crippen molar-refractivity contribution in [3.63, 3.8) is 0 Å². The second-order valence-electron chi connectivity index (χ2n) is 9.13. The van der Waals surface area contributed by atoms with E-state index in [1.807, 2.05) is 6.07 Å². The number of phenolic OH excluding ortho intramolecular Hbond substituents is 1. The van der Waals surface area contributed by atoms with Gasteiger partial charge in [-0.05, 0) is 67.4 Å². The van der Waals surface area contributed by atoms with Gasteiger partial charge in [0.2, 0.25) is 0 Å². The van der Waals surface area contributed by atoms with Gasteiger partial charge in [0.25, 0.3) is 0 Å². The number of unbranched alkanes of at least 4 members (excludes halogenated alkanes) is 3. The molecule has 1 fully saturated rings. The second kappa shape index (κ2) is 10.5. The normalized spacial score (nSPS) is 23.5. The van der Waals surface area contributed by atoms with Crippen LogP contribution in [0.1, 0.15) is 102 Å². The Labute approximate surface area is 165 Å². The molecule has 0 spiro atoms. The molecular formula is C24H40O3. The maximum absolute atomic E-state index is 10.8. The second-order valence-corrected chi connectivity index (χ2v) is 9.13. The average molecular weight is 377 g/mol. The number of benzene rings is 1. The van der Waals surface area contributed by atoms with Crippen molar-refractivity contribution in [3.8, 4) is 5.75 Å². The van der Waals surface area contributed by atoms with Gasteiger partial charge in [0.05, 0.1) is 6.10 Å². The number of aliphatic hydroxyl groups is 2. The summed E-state index contributed by atoms with van der Waals surface area (Å²) < 4.78 is 0. The van der Waals surface area contributed by atoms with E-state index in [2.05, 4.69) is 26.8 Å². The Kier molecular flexibility index (Phi) is 8.62. The number of hydrogen-bond acceptors (Lipinski definition) is 3. The summed E-state index contributed by atoms with van der Waals surface area (Å²) in [6.45, 7) is 7.03. The Hall–Kier alpha value is -1.06. The molecule has 0 amide bonds. The fraction of sp³-hybridized carbons (Fsp3) is 0.750. The summed E-state index contributed by atoms with van der Waals surface area (Å²) in [5.74, 6) is 0.970. The number of aliphatic hydroxyl groups excluding tert-OH is 2. The maximum atomic E-state index is 10.8. The monoisotopic (exact) mass is 376 g/mol. The standard InChI is InChI=1S/C24H40O3/c1-4-5-6-7-15-24(2,3)21-11-8-12-22(27)23(21)20-17-19(26)14-13-18(20)10-9-16-25/h8,11-12,18-20,25-27H,4-7,9-10,13-17H2,1-3H3. The Morgan fingerprint density at radius 1 is 1.07 bits per heavy atom. The zero-order valence-corrected chi connectivity index (χ0v) is 17.6. The third kappa shape index (κ3) is 5.96. The van der Waals surface area contributed by atoms with Crippen molar-refractivity contribution in [2.75, 3.05) is 6.61 Å². The summed E-state index contributed by atoms with van der Waals surface area (Å²) in [4.78, 5) is 0. The smallest absolute Gasteiger partial charge is 0.119 e. The zero-order valence-electron chi connectivity index (χ0n) is 17.6. The summed E-state index contributed by atoms with van der Waals surface area (Å²) in [5, 5.41) is 30.4. The molecule has 3 atom stereocenters. The Morgan fingerprint density at radius 2 is 1.85 bits per heavy atom. The molecule has 3 nitrogen and oxygen atoms in total. The molecule has 1 aliphatic carbocycles. The van der Waals surface area contributed by atoms with Crippen molar-refractivity contribution >= 4 is 0 Å². The molecule has 2 rings (SSSR count). The van der Waals surface area contributed by atoms with E-state index in [-0.39, 0.29) is 24.0 Å². The molecule has 0 saturated heterocycles. The van der Waals surface area contributed by atoms with Crippen LogP contribution in [0.2, 0.25) is 0 Å². The van der Waals surface area contributed by atoms with Crippen LogP contribution in [0.3, 0.4) is 0 Å². The molecular weight excluding hydrogens is 336 g/mol. The molecule has 1 aromatic carbocycles. The minimum atomic E-state index is -0.291. The molecule has 27 heavy (non-hydrogen) atoms. The topological polar surface area (TPSA) is 60.7 Å². The van der Waals surface area contributed by atoms with Crippen molar-refractivity contribution in [2.45, 2.75) is 102 Å². The lowest BCUT2D eigenvalue weighted by Crippen LogP contribution is -2.29. The quantitative estimate of drug-likeness (QED) is 0.462. The summed E-state index contributed by atoms with van der Waals surface area (Å²) >= 11 is 0. The van der Waals surface area contributed by atoms with E-state index < -0.39 is 0 Å². The van der Waals surface area contributed by atoms with E-state index >= 15 is 0 Å². The molecule has 0 heterocycles. The third-order valence-corrected chi connectivity index (χ3v) is 6.54. The highest BCUT2D eigenvalue weighted by molar-refractivity contribution is 5.46. The summed E-state index contributed by atoms with van der Waals surface area (Å²) in [5.41, 5.74) is 2.30. The predicted molar refractivity (Wildman–Crippen MR) is 112 cm³/mol. The van der Waals surface area contributed by atoms with Gasteiger partial charge < -0.3 is 15.3 Å². The number of hydrogen-bond donors (Lipinski definition) is 3. The van der Waals surface area contributed by atoms with Crippen LogP contribution in [0.25, 0.3) is 0 Å². The van der Waals surface area contributed by atoms with Gasteiger partial charge in [0.1, 0.15) is 5.75 Å². The number of rotatable bonds is 10. The Bertz CT molecular complexity index is 565. The van der Waals surface area contributed by atoms with Crippen LogP contribution in [-0.2, 0) is 5.41 Å². The van der Waals surface area contributed by atoms with Crippen LogP contribution in [0.5, 0.6) is 5.75 Å². The first-order valence-corrected chi connectivity index (χ1v) is 11.0. The zero-order chi connectivity index (χ0) is 19.9. The van der Waals surface area contributed by atoms with E-state index in [1.165, 1.54) is 31.2 Å². The minimum absolute atomic E-state index is 0.00570. The van der Waals surface area contributed by atoms with Gasteiger partial charge >= 0.3 is 0 Å². The van der Waals surface area contributed by atoms with Crippen LogP contribution < -0.4 is 0 Å². The molecule has 1 saturated carbocycles. The first-order chi connectivity index (χ1) is 12.9. The predicted octanol–water partition coefficient (Wildman–Crippen LogP) is 5.66. The lowest BCUT2D eigenvalue weighted by Gasteiger charge is -2.38. The molecule has 3 heteroatoms. The van der Waals surface area contributed by atoms with Crippen molar-refractivity contribution in [3.05, 3.63) is 29.3 Å². The third-order valence-electron chi connectivity index (χ3n) is 6.54. The van der Waals surface area contributed by atoms with Gasteiger partial charge in [-0.1, -0.05) is 58.6 Å². The van der Waals surface area contributed by atoms with Crippen LogP contribution >= 0.6 is 0 Å². The van der Waals surface area contributed by atoms with E-state index in [1.54, 1.807) is 6.07 Å². The van der Waals surface area contributed by atoms with Crippen molar-refractivity contribution < 1.29 is 15.3 Å². The Balaban J connectivity index is 2.31. The molecule has 3 N–H and O–H groups in total. The largest absolute Gasteiger partial charge is 0.508 e. The van der Waals surface area contributed by atoms with Crippen LogP contribution in [0.4, 0.5) is 0 Å². The first kappa shape index (κ1) is 22.2. The van der Waals surface area contributed by atoms with Crippen molar-refractivity contribution in [1.29, 1.82) is 0 Å². The van der Waals surface area contributed by atoms with Crippen molar-refractivity contribution in [1.82, 2.24) is 0 Å². The minimum Gasteiger partial charge on any atom is -0.508 e. The summed E-state index contributed by atoms with van der Waals surface area (Å²) in [7, 11) is 0. The molecule has 0 radical (unpaired) electrons. The lowest BCUT2D eigenvalue weighted by molar-refractivity contribution is 0.0873. The molecule has 154 valence electrons. The van der Waals surface area contributed by atoms with Gasteiger partial charge in [-0.25, -0.2) is 0 Å². The number of phenols is 1. The van der Waals surface area contributed by atoms with E-state index in [9.17, 15) is 15.3 Å². The molecule has 0 aromatic heterocycles. The highest BCUT2D eigenvalue weighted by Gasteiger charge is 2.36. The lowest BCUT2D eigenvalue weighted by atomic mass is 9.67. The van der Waals surface area contributed by atoms with E-state index in [4.69, 9.17) is 0 Å². The first-order valence-electron chi connectivity index (χ1n) is 11.0. The average Bonchev–Trinajstić information content (AvgIpc) is 2.64. The van der Waals surface area contributed by atoms with E-state index in [0.717, 1.165) is 37.7 Å². The van der Waals surface area contributed by atoms with Crippen LogP contribution in [0.15, 0.2) is 18.2 Å². The molecule has 1 aromatic rings. The van der Waals surface area contributed by atoms with Gasteiger partial charge in [0.15, 0.2) is 0 Å². The van der Waals surface area contributed by atoms with Gasteiger partial charge in [-0.15, -0.1) is 0 Å². The van der Waals surface area contributed by atoms with Gasteiger partial charge in [0, 0.05) is 12.2 Å². The van der Waals surface area contributed by atoms with Crippen LogP contribution in [0, 0.1) is 5.92 Å². The molecule has 1 aliphatic rings. The molecule has 0 aliphatic heterocycles. The fourth-order valence-corrected chi connectivity index (χ4v) is 4.92.